The average Bonchev–Trinajstić information content (AvgIpc) is 3.37. The van der Waals surface area contributed by atoms with Crippen LogP contribution in [0.1, 0.15) is 69.1 Å². The van der Waals surface area contributed by atoms with Crippen LogP contribution in [-0.4, -0.2) is 13.5 Å². The van der Waals surface area contributed by atoms with Gasteiger partial charge in [-0.2, -0.15) is 0 Å². The van der Waals surface area contributed by atoms with E-state index >= 15 is 4.39 Å². The normalized spacial score (nSPS) is 17.2. The summed E-state index contributed by atoms with van der Waals surface area (Å²) in [7, 11) is -1.28. The highest BCUT2D eigenvalue weighted by molar-refractivity contribution is 7.84. The second-order valence-corrected chi connectivity index (χ2v) is 10.8. The van der Waals surface area contributed by atoms with Crippen molar-refractivity contribution in [1.29, 1.82) is 0 Å². The lowest BCUT2D eigenvalue weighted by molar-refractivity contribution is 0.564. The van der Waals surface area contributed by atoms with Gasteiger partial charge in [-0.25, -0.2) is 13.3 Å². The topological polar surface area (TPSA) is 34.0 Å². The Hall–Kier alpha value is -1.72. The molecule has 1 aliphatic rings. The maximum absolute atomic E-state index is 15.8. The number of benzene rings is 1. The van der Waals surface area contributed by atoms with Crippen molar-refractivity contribution in [2.75, 3.05) is 0 Å². The molecule has 0 spiro atoms. The van der Waals surface area contributed by atoms with Gasteiger partial charge in [0.05, 0.1) is 21.4 Å². The summed E-state index contributed by atoms with van der Waals surface area (Å²) in [5, 5.41) is 0. The molecule has 1 aromatic heterocycles. The van der Waals surface area contributed by atoms with Crippen LogP contribution < -0.4 is 4.72 Å². The summed E-state index contributed by atoms with van der Waals surface area (Å²) >= 11 is 0. The lowest BCUT2D eigenvalue weighted by Gasteiger charge is -2.24. The highest BCUT2D eigenvalue weighted by Gasteiger charge is 2.26. The number of hydrogen-bond acceptors (Lipinski definition) is 1. The fourth-order valence-electron chi connectivity index (χ4n) is 3.33. The van der Waals surface area contributed by atoms with Crippen LogP contribution in [0, 0.1) is 25.6 Å². The van der Waals surface area contributed by atoms with Crippen molar-refractivity contribution in [2.24, 2.45) is 5.92 Å². The smallest absolute Gasteiger partial charge is 0.152 e. The van der Waals surface area contributed by atoms with Crippen molar-refractivity contribution in [3.8, 4) is 5.69 Å². The lowest BCUT2D eigenvalue weighted by Crippen LogP contribution is -2.35. The molecule has 1 unspecified atom stereocenters. The monoisotopic (exact) mass is 402 g/mol. The van der Waals surface area contributed by atoms with Crippen LogP contribution >= 0.6 is 0 Å². The Balaban J connectivity index is 2.07. The third kappa shape index (κ3) is 4.47. The zero-order chi connectivity index (χ0) is 20.6. The van der Waals surface area contributed by atoms with Crippen LogP contribution in [0.5, 0.6) is 0 Å². The third-order valence-corrected chi connectivity index (χ3v) is 6.83. The largest absolute Gasteiger partial charge is 0.316 e. The molecule has 0 radical (unpaired) electrons. The van der Waals surface area contributed by atoms with Gasteiger partial charge in [0.15, 0.2) is 5.82 Å². The maximum atomic E-state index is 15.8. The molecule has 1 heterocycles. The van der Waals surface area contributed by atoms with E-state index in [-0.39, 0.29) is 11.9 Å². The minimum absolute atomic E-state index is 0.258. The summed E-state index contributed by atoms with van der Waals surface area (Å²) in [6, 6.07) is 7.43. The maximum Gasteiger partial charge on any atom is 0.152 e. The molecule has 0 amide bonds. The molecule has 3 nitrogen and oxygen atoms in total. The predicted octanol–water partition coefficient (Wildman–Crippen LogP) is 5.77. The first-order valence-corrected chi connectivity index (χ1v) is 11.1. The Morgan fingerprint density at radius 1 is 1.18 bits per heavy atom. The van der Waals surface area contributed by atoms with E-state index in [2.05, 4.69) is 10.8 Å². The molecule has 5 heteroatoms. The highest BCUT2D eigenvalue weighted by atomic mass is 32.2. The van der Waals surface area contributed by atoms with Crippen molar-refractivity contribution in [3.05, 3.63) is 58.7 Å². The molecule has 2 atom stereocenters. The number of nitrogens with one attached hydrogen (secondary N) is 1. The molecule has 3 rings (SSSR count). The Morgan fingerprint density at radius 2 is 1.79 bits per heavy atom. The molecule has 0 bridgehead atoms. The number of aromatic nitrogens is 1. The second-order valence-electron chi connectivity index (χ2n) is 8.77. The van der Waals surface area contributed by atoms with Crippen molar-refractivity contribution in [3.63, 3.8) is 0 Å². The minimum Gasteiger partial charge on any atom is -0.316 e. The van der Waals surface area contributed by atoms with E-state index in [0.717, 1.165) is 17.0 Å². The number of allylic oxidation sites excluding steroid dienone is 1. The van der Waals surface area contributed by atoms with Gasteiger partial charge in [-0.1, -0.05) is 18.2 Å². The summed E-state index contributed by atoms with van der Waals surface area (Å²) in [6.07, 6.45) is 6.59. The highest BCUT2D eigenvalue weighted by Crippen LogP contribution is 2.34. The van der Waals surface area contributed by atoms with E-state index in [4.69, 9.17) is 0 Å². The van der Waals surface area contributed by atoms with Crippen molar-refractivity contribution < 1.29 is 8.60 Å². The number of halogens is 1. The van der Waals surface area contributed by atoms with Crippen molar-refractivity contribution >= 4 is 17.1 Å². The number of nitrogens with zero attached hydrogens (tertiary/aromatic N) is 1. The van der Waals surface area contributed by atoms with Gasteiger partial charge in [-0.05, 0) is 84.1 Å². The third-order valence-electron chi connectivity index (χ3n) is 5.15. The van der Waals surface area contributed by atoms with Gasteiger partial charge in [-0.15, -0.1) is 0 Å². The molecule has 1 saturated carbocycles. The first-order valence-electron chi connectivity index (χ1n) is 9.93. The van der Waals surface area contributed by atoms with Gasteiger partial charge in [0.1, 0.15) is 0 Å². The molecule has 152 valence electrons. The second kappa shape index (κ2) is 7.96. The molecule has 28 heavy (non-hydrogen) atoms. The Bertz CT molecular complexity index is 900. The molecular weight excluding hydrogens is 371 g/mol. The van der Waals surface area contributed by atoms with Crippen molar-refractivity contribution in [1.82, 2.24) is 9.29 Å². The summed E-state index contributed by atoms with van der Waals surface area (Å²) in [5.41, 5.74) is 3.93. The Labute approximate surface area is 170 Å². The molecule has 1 fully saturated rings. The molecule has 1 N–H and O–H groups in total. The number of rotatable bonds is 6. The van der Waals surface area contributed by atoms with Crippen molar-refractivity contribution in [2.45, 2.75) is 65.2 Å². The Kier molecular flexibility index (Phi) is 5.97. The van der Waals surface area contributed by atoms with E-state index in [1.807, 2.05) is 76.5 Å². The number of aryl methyl sites for hydroxylation is 2. The molecule has 1 aliphatic carbocycles. The lowest BCUT2D eigenvalue weighted by atomic mass is 9.99. The van der Waals surface area contributed by atoms with Crippen LogP contribution in [0.25, 0.3) is 11.8 Å². The summed E-state index contributed by atoms with van der Waals surface area (Å²) < 4.78 is 33.0. The standard InChI is InChI=1S/C23H31FN2OS/c1-15-7-8-16(2)26(15)20-14-13-19(12-11-18-9-10-18)21(22(20)24)17(3)25-28(27)23(4,5)6/h7-8,11-14,17-18,25H,9-10H2,1-6H3/b12-11+/t17-,28?/m1/s1. The van der Waals surface area contributed by atoms with E-state index < -0.39 is 15.7 Å². The summed E-state index contributed by atoms with van der Waals surface area (Å²) in [4.78, 5) is 0. The zero-order valence-electron chi connectivity index (χ0n) is 17.7. The number of hydrogen-bond donors (Lipinski definition) is 1. The van der Waals surface area contributed by atoms with Gasteiger partial charge in [-0.3, -0.25) is 0 Å². The van der Waals surface area contributed by atoms with Gasteiger partial charge < -0.3 is 4.57 Å². The summed E-state index contributed by atoms with van der Waals surface area (Å²) in [5.74, 6) is 0.350. The Morgan fingerprint density at radius 3 is 2.32 bits per heavy atom. The zero-order valence-corrected chi connectivity index (χ0v) is 18.5. The molecular formula is C23H31FN2OS. The van der Waals surface area contributed by atoms with E-state index in [0.29, 0.717) is 17.2 Å². The van der Waals surface area contributed by atoms with Gasteiger partial charge in [0.2, 0.25) is 0 Å². The van der Waals surface area contributed by atoms with Crippen LogP contribution in [0.15, 0.2) is 30.3 Å². The first-order chi connectivity index (χ1) is 13.1. The molecule has 2 aromatic rings. The SMILES string of the molecule is Cc1ccc(C)n1-c1ccc(/C=C/C2CC2)c([C@@H](C)NS(=O)C(C)(C)C)c1F. The van der Waals surface area contributed by atoms with E-state index in [9.17, 15) is 4.21 Å². The van der Waals surface area contributed by atoms with Crippen LogP contribution in [0.3, 0.4) is 0 Å². The van der Waals surface area contributed by atoms with E-state index in [1.54, 1.807) is 0 Å². The van der Waals surface area contributed by atoms with Gasteiger partial charge >= 0.3 is 0 Å². The average molecular weight is 403 g/mol. The minimum atomic E-state index is -1.28. The molecule has 1 aromatic carbocycles. The molecule has 0 aliphatic heterocycles. The first kappa shape index (κ1) is 21.0. The van der Waals surface area contributed by atoms with E-state index in [1.165, 1.54) is 12.8 Å². The van der Waals surface area contributed by atoms with Crippen LogP contribution in [0.2, 0.25) is 0 Å². The van der Waals surface area contributed by atoms with Gasteiger partial charge in [0.25, 0.3) is 0 Å². The predicted molar refractivity (Wildman–Crippen MR) is 116 cm³/mol. The fraction of sp³-hybridized carbons (Fsp3) is 0.478. The van der Waals surface area contributed by atoms with Gasteiger partial charge in [0, 0.05) is 23.0 Å². The van der Waals surface area contributed by atoms with Crippen LogP contribution in [-0.2, 0) is 11.0 Å². The fourth-order valence-corrected chi connectivity index (χ4v) is 4.12. The quantitative estimate of drug-likeness (QED) is 0.654. The molecule has 0 saturated heterocycles. The van der Waals surface area contributed by atoms with Crippen LogP contribution in [0.4, 0.5) is 4.39 Å². The summed E-state index contributed by atoms with van der Waals surface area (Å²) in [6.45, 7) is 11.6.